The van der Waals surface area contributed by atoms with Crippen molar-refractivity contribution in [3.63, 3.8) is 0 Å². The first-order valence-corrected chi connectivity index (χ1v) is 16.2. The Labute approximate surface area is 293 Å². The van der Waals surface area contributed by atoms with Crippen LogP contribution in [0.4, 0.5) is 0 Å². The van der Waals surface area contributed by atoms with E-state index in [1.54, 1.807) is 61.5 Å². The van der Waals surface area contributed by atoms with Crippen molar-refractivity contribution in [2.24, 2.45) is 0 Å². The minimum absolute atomic E-state index is 0.0602. The quantitative estimate of drug-likeness (QED) is 0.226. The topological polar surface area (TPSA) is 179 Å². The molecule has 0 saturated carbocycles. The Morgan fingerprint density at radius 3 is 1.53 bits per heavy atom. The van der Waals surface area contributed by atoms with E-state index in [9.17, 15) is 29.1 Å². The molecule has 3 aromatic carbocycles. The minimum atomic E-state index is -1.89. The summed E-state index contributed by atoms with van der Waals surface area (Å²) in [6.07, 6.45) is -11.7. The number of hydrogen-bond acceptors (Lipinski definition) is 14. The summed E-state index contributed by atoms with van der Waals surface area (Å²) in [7, 11) is 0. The highest BCUT2D eigenvalue weighted by atomic mass is 16.7. The molecule has 51 heavy (non-hydrogen) atoms. The highest BCUT2D eigenvalue weighted by Gasteiger charge is 2.53. The summed E-state index contributed by atoms with van der Waals surface area (Å²) in [5.41, 5.74) is 0.425. The summed E-state index contributed by atoms with van der Waals surface area (Å²) in [5, 5.41) is 11.3. The second-order valence-corrected chi connectivity index (χ2v) is 11.8. The Kier molecular flexibility index (Phi) is 12.5. The fraction of sp³-hybridized carbons (Fsp3) is 0.378. The Hall–Kier alpha value is -5.15. The summed E-state index contributed by atoms with van der Waals surface area (Å²) in [6.45, 7) is 3.61. The van der Waals surface area contributed by atoms with Gasteiger partial charge in [-0.2, -0.15) is 0 Å². The van der Waals surface area contributed by atoms with Crippen LogP contribution in [0.1, 0.15) is 58.3 Å². The third kappa shape index (κ3) is 9.76. The molecule has 14 nitrogen and oxygen atoms in total. The summed E-state index contributed by atoms with van der Waals surface area (Å²) in [4.78, 5) is 63.7. The molecule has 0 bridgehead atoms. The number of ether oxygens (including phenoxy) is 8. The van der Waals surface area contributed by atoms with Crippen LogP contribution in [-0.2, 0) is 47.5 Å². The van der Waals surface area contributed by atoms with Crippen LogP contribution < -0.4 is 0 Å². The van der Waals surface area contributed by atoms with Gasteiger partial charge in [-0.3, -0.25) is 9.59 Å². The Morgan fingerprint density at radius 1 is 0.608 bits per heavy atom. The normalized spacial score (nSPS) is 27.3. The van der Waals surface area contributed by atoms with Crippen LogP contribution in [0, 0.1) is 0 Å². The molecule has 0 aliphatic carbocycles. The molecule has 2 aliphatic rings. The van der Waals surface area contributed by atoms with Gasteiger partial charge in [-0.1, -0.05) is 54.6 Å². The maximum atomic E-state index is 13.5. The van der Waals surface area contributed by atoms with Crippen LogP contribution in [0.2, 0.25) is 0 Å². The molecule has 14 heteroatoms. The van der Waals surface area contributed by atoms with E-state index in [1.807, 2.05) is 0 Å². The zero-order valence-electron chi connectivity index (χ0n) is 28.0. The van der Waals surface area contributed by atoms with E-state index in [4.69, 9.17) is 37.9 Å². The molecule has 0 aromatic heterocycles. The third-order valence-corrected chi connectivity index (χ3v) is 8.05. The van der Waals surface area contributed by atoms with Gasteiger partial charge in [-0.15, -0.1) is 0 Å². The Bertz CT molecular complexity index is 1650. The average Bonchev–Trinajstić information content (AvgIpc) is 3.12. The summed E-state index contributed by atoms with van der Waals surface area (Å²) < 4.78 is 46.0. The van der Waals surface area contributed by atoms with Crippen molar-refractivity contribution in [2.45, 2.75) is 82.5 Å². The van der Waals surface area contributed by atoms with Gasteiger partial charge >= 0.3 is 29.8 Å². The second-order valence-electron chi connectivity index (χ2n) is 11.8. The van der Waals surface area contributed by atoms with Crippen LogP contribution >= 0.6 is 0 Å². The molecule has 9 atom stereocenters. The maximum Gasteiger partial charge on any atom is 0.338 e. The molecular weight excluding hydrogens is 668 g/mol. The summed E-state index contributed by atoms with van der Waals surface area (Å²) >= 11 is 0. The number of rotatable bonds is 11. The first-order valence-electron chi connectivity index (χ1n) is 16.2. The van der Waals surface area contributed by atoms with Crippen LogP contribution in [0.3, 0.4) is 0 Å². The predicted molar refractivity (Wildman–Crippen MR) is 174 cm³/mol. The summed E-state index contributed by atoms with van der Waals surface area (Å²) in [5.74, 6) is -3.77. The number of aliphatic hydroxyl groups is 1. The van der Waals surface area contributed by atoms with E-state index >= 15 is 0 Å². The van der Waals surface area contributed by atoms with Gasteiger partial charge in [0.15, 0.2) is 37.0 Å². The fourth-order valence-corrected chi connectivity index (χ4v) is 5.73. The third-order valence-electron chi connectivity index (χ3n) is 8.05. The zero-order chi connectivity index (χ0) is 36.5. The zero-order valence-corrected chi connectivity index (χ0v) is 28.0. The van der Waals surface area contributed by atoms with Crippen molar-refractivity contribution < 1.29 is 67.0 Å². The first kappa shape index (κ1) is 37.1. The molecule has 3 aromatic rings. The van der Waals surface area contributed by atoms with E-state index in [1.165, 1.54) is 50.2 Å². The maximum absolute atomic E-state index is 13.5. The lowest BCUT2D eigenvalue weighted by Crippen LogP contribution is -2.62. The molecule has 5 rings (SSSR count). The number of hydrogen-bond donors (Lipinski definition) is 1. The lowest BCUT2D eigenvalue weighted by molar-refractivity contribution is -0.304. The lowest BCUT2D eigenvalue weighted by atomic mass is 9.97. The van der Waals surface area contributed by atoms with Gasteiger partial charge in [0, 0.05) is 20.3 Å². The smallest absolute Gasteiger partial charge is 0.338 e. The first-order chi connectivity index (χ1) is 24.5. The van der Waals surface area contributed by atoms with Crippen molar-refractivity contribution >= 4 is 29.8 Å². The van der Waals surface area contributed by atoms with Crippen molar-refractivity contribution in [1.82, 2.24) is 0 Å². The molecule has 2 saturated heterocycles. The molecule has 0 amide bonds. The number of benzene rings is 3. The Balaban J connectivity index is 1.44. The van der Waals surface area contributed by atoms with E-state index in [0.717, 1.165) is 0 Å². The van der Waals surface area contributed by atoms with E-state index in [2.05, 4.69) is 0 Å². The minimum Gasteiger partial charge on any atom is -0.458 e. The molecule has 270 valence electrons. The van der Waals surface area contributed by atoms with E-state index in [0.29, 0.717) is 0 Å². The molecule has 2 aliphatic heterocycles. The van der Waals surface area contributed by atoms with Gasteiger partial charge in [0.25, 0.3) is 0 Å². The molecule has 4 unspecified atom stereocenters. The van der Waals surface area contributed by atoms with Crippen molar-refractivity contribution in [3.8, 4) is 0 Å². The standard InChI is InChI=1S/C37H38O14/c1-21-30(47-23(3)39)27(46-22(2)38)19-29(45-21)44-20-28-31(49-34(40)24-13-7-4-8-14-24)32(50-35(41)25-15-9-5-10-16-25)33(37(43)48-28)51-36(42)26-17-11-6-12-18-26/h4-18,21,27-33,37,43H,19-20H2,1-3H3/t21?,27-,28?,29-,30-,31-,32?,33?,37+/m1/s1. The van der Waals surface area contributed by atoms with Gasteiger partial charge in [0.05, 0.1) is 29.4 Å². The van der Waals surface area contributed by atoms with Crippen LogP contribution in [0.15, 0.2) is 91.0 Å². The van der Waals surface area contributed by atoms with Gasteiger partial charge in [-0.25, -0.2) is 14.4 Å². The highest BCUT2D eigenvalue weighted by molar-refractivity contribution is 5.91. The van der Waals surface area contributed by atoms with Crippen LogP contribution in [0.25, 0.3) is 0 Å². The van der Waals surface area contributed by atoms with Crippen LogP contribution in [0.5, 0.6) is 0 Å². The SMILES string of the molecule is CC(=O)O[C@@H]1C(C)O[C@@H](OCC2O[C@H](O)C(OC(=O)c3ccccc3)C(OC(=O)c3ccccc3)[C@@H]2OC(=O)c2ccccc2)C[C@H]1OC(C)=O. The number of carbonyl (C=O) groups excluding carboxylic acids is 5. The van der Waals surface area contributed by atoms with Gasteiger partial charge in [0.1, 0.15) is 12.2 Å². The second kappa shape index (κ2) is 17.2. The molecule has 1 N–H and O–H groups in total. The largest absolute Gasteiger partial charge is 0.458 e. The molecule has 2 fully saturated rings. The van der Waals surface area contributed by atoms with Crippen molar-refractivity contribution in [1.29, 1.82) is 0 Å². The highest BCUT2D eigenvalue weighted by Crippen LogP contribution is 2.32. The monoisotopic (exact) mass is 706 g/mol. The van der Waals surface area contributed by atoms with Gasteiger partial charge < -0.3 is 43.0 Å². The molecule has 0 radical (unpaired) electrons. The number of carbonyl (C=O) groups is 5. The predicted octanol–water partition coefficient (Wildman–Crippen LogP) is 3.40. The molecule has 0 spiro atoms. The van der Waals surface area contributed by atoms with Crippen molar-refractivity contribution in [3.05, 3.63) is 108 Å². The lowest BCUT2D eigenvalue weighted by Gasteiger charge is -2.44. The molecule has 2 heterocycles. The fourth-order valence-electron chi connectivity index (χ4n) is 5.73. The van der Waals surface area contributed by atoms with Crippen molar-refractivity contribution in [2.75, 3.05) is 6.61 Å². The van der Waals surface area contributed by atoms with E-state index < -0.39 is 91.8 Å². The van der Waals surface area contributed by atoms with E-state index in [-0.39, 0.29) is 23.1 Å². The average molecular weight is 707 g/mol. The van der Waals surface area contributed by atoms with Gasteiger partial charge in [-0.05, 0) is 43.3 Å². The number of esters is 5. The summed E-state index contributed by atoms with van der Waals surface area (Å²) in [6, 6.07) is 23.8. The van der Waals surface area contributed by atoms with Gasteiger partial charge in [0.2, 0.25) is 0 Å². The number of aliphatic hydroxyl groups excluding tert-OH is 1. The molecular formula is C37H38O14. The van der Waals surface area contributed by atoms with Crippen LogP contribution in [-0.4, -0.2) is 96.9 Å². The Morgan fingerprint density at radius 2 is 1.06 bits per heavy atom.